The maximum absolute atomic E-state index is 13.4. The fourth-order valence-electron chi connectivity index (χ4n) is 2.97. The van der Waals surface area contributed by atoms with Gasteiger partial charge in [-0.25, -0.2) is 9.37 Å². The van der Waals surface area contributed by atoms with E-state index in [0.29, 0.717) is 33.8 Å². The summed E-state index contributed by atoms with van der Waals surface area (Å²) in [7, 11) is 0. The van der Waals surface area contributed by atoms with E-state index in [1.54, 1.807) is 36.7 Å². The Morgan fingerprint density at radius 1 is 1.08 bits per heavy atom. The van der Waals surface area contributed by atoms with E-state index >= 15 is 0 Å². The monoisotopic (exact) mass is 347 g/mol. The third-order valence-electron chi connectivity index (χ3n) is 4.13. The van der Waals surface area contributed by atoms with Crippen molar-refractivity contribution in [3.05, 3.63) is 71.3 Å². The second-order valence-electron chi connectivity index (χ2n) is 5.63. The van der Waals surface area contributed by atoms with Gasteiger partial charge in [0.1, 0.15) is 18.0 Å². The van der Waals surface area contributed by atoms with E-state index in [4.69, 9.17) is 0 Å². The van der Waals surface area contributed by atoms with E-state index in [1.165, 1.54) is 27.5 Å². The summed E-state index contributed by atoms with van der Waals surface area (Å²) in [6.45, 7) is 0. The molecule has 126 valence electrons. The van der Waals surface area contributed by atoms with Crippen LogP contribution in [0.15, 0.2) is 59.9 Å². The smallest absolute Gasteiger partial charge is 0.267 e. The van der Waals surface area contributed by atoms with Gasteiger partial charge in [0.25, 0.3) is 11.3 Å². The molecular formula is C17H10FN7O. The van der Waals surface area contributed by atoms with Crippen LogP contribution >= 0.6 is 0 Å². The van der Waals surface area contributed by atoms with E-state index in [0.717, 1.165) is 0 Å². The first kappa shape index (κ1) is 14.5. The first-order valence-corrected chi connectivity index (χ1v) is 7.73. The zero-order valence-corrected chi connectivity index (χ0v) is 13.2. The van der Waals surface area contributed by atoms with Crippen LogP contribution in [-0.4, -0.2) is 34.3 Å². The summed E-state index contributed by atoms with van der Waals surface area (Å²) in [6, 6.07) is 9.27. The summed E-state index contributed by atoms with van der Waals surface area (Å²) in [5, 5.41) is 11.2. The van der Waals surface area contributed by atoms with E-state index in [2.05, 4.69) is 25.3 Å². The fraction of sp³-hybridized carbons (Fsp3) is 0. The van der Waals surface area contributed by atoms with Crippen LogP contribution in [0.4, 0.5) is 4.39 Å². The Labute approximate surface area is 144 Å². The van der Waals surface area contributed by atoms with Gasteiger partial charge in [0.15, 0.2) is 0 Å². The lowest BCUT2D eigenvalue weighted by Gasteiger charge is -2.10. The van der Waals surface area contributed by atoms with E-state index < -0.39 is 0 Å². The molecule has 0 saturated carbocycles. The Bertz CT molecular complexity index is 1300. The molecule has 0 bridgehead atoms. The number of aromatic amines is 1. The molecule has 0 amide bonds. The predicted molar refractivity (Wildman–Crippen MR) is 91.4 cm³/mol. The number of nitrogens with zero attached hydrogens (tertiary/aromatic N) is 6. The minimum atomic E-state index is -0.364. The van der Waals surface area contributed by atoms with Gasteiger partial charge in [-0.15, -0.1) is 0 Å². The van der Waals surface area contributed by atoms with Gasteiger partial charge in [-0.2, -0.15) is 19.7 Å². The topological polar surface area (TPSA) is 93.8 Å². The van der Waals surface area contributed by atoms with Crippen LogP contribution in [0.3, 0.4) is 0 Å². The average molecular weight is 347 g/mol. The molecule has 0 aliphatic heterocycles. The van der Waals surface area contributed by atoms with Gasteiger partial charge in [-0.3, -0.25) is 14.5 Å². The lowest BCUT2D eigenvalue weighted by atomic mass is 10.1. The second kappa shape index (κ2) is 5.31. The minimum absolute atomic E-state index is 0.295. The van der Waals surface area contributed by atoms with Crippen LogP contribution in [-0.2, 0) is 0 Å². The first-order chi connectivity index (χ1) is 12.7. The van der Waals surface area contributed by atoms with E-state index in [1.807, 2.05) is 0 Å². The van der Waals surface area contributed by atoms with Gasteiger partial charge in [0, 0.05) is 17.8 Å². The molecule has 0 aliphatic rings. The van der Waals surface area contributed by atoms with Crippen molar-refractivity contribution in [3.8, 4) is 17.1 Å². The molecule has 9 heteroatoms. The van der Waals surface area contributed by atoms with Crippen molar-refractivity contribution >= 4 is 16.7 Å². The predicted octanol–water partition coefficient (Wildman–Crippen LogP) is 1.96. The first-order valence-electron chi connectivity index (χ1n) is 7.73. The molecule has 0 spiro atoms. The zero-order valence-electron chi connectivity index (χ0n) is 13.2. The highest BCUT2D eigenvalue weighted by Gasteiger charge is 2.17. The quantitative estimate of drug-likeness (QED) is 0.527. The Morgan fingerprint density at radius 2 is 1.92 bits per heavy atom. The standard InChI is InChI=1S/C17H10FN7O/c18-11-3-1-10(2-4-11)15-14-12(22-17-19-9-21-25(15)17)6-8-24(16(14)26)13-5-7-20-23-13/h1-9H,(H,20,23). The molecule has 5 rings (SSSR count). The van der Waals surface area contributed by atoms with Crippen LogP contribution in [0.25, 0.3) is 33.8 Å². The number of nitrogens with one attached hydrogen (secondary N) is 1. The molecular weight excluding hydrogens is 337 g/mol. The Balaban J connectivity index is 1.95. The van der Waals surface area contributed by atoms with E-state index in [9.17, 15) is 9.18 Å². The number of rotatable bonds is 2. The van der Waals surface area contributed by atoms with Gasteiger partial charge in [0.2, 0.25) is 0 Å². The molecule has 26 heavy (non-hydrogen) atoms. The molecule has 0 radical (unpaired) electrons. The highest BCUT2D eigenvalue weighted by atomic mass is 19.1. The van der Waals surface area contributed by atoms with Crippen LogP contribution in [0.5, 0.6) is 0 Å². The number of H-pyrrole nitrogens is 1. The maximum atomic E-state index is 13.4. The van der Waals surface area contributed by atoms with Crippen molar-refractivity contribution in [1.82, 2.24) is 34.3 Å². The molecule has 0 unspecified atom stereocenters. The Morgan fingerprint density at radius 3 is 2.69 bits per heavy atom. The Hall–Kier alpha value is -3.88. The highest BCUT2D eigenvalue weighted by Crippen LogP contribution is 2.26. The largest absolute Gasteiger partial charge is 0.268 e. The maximum Gasteiger partial charge on any atom is 0.267 e. The summed E-state index contributed by atoms with van der Waals surface area (Å²) in [4.78, 5) is 21.7. The van der Waals surface area contributed by atoms with Gasteiger partial charge < -0.3 is 0 Å². The third kappa shape index (κ3) is 2.04. The van der Waals surface area contributed by atoms with Gasteiger partial charge >= 0.3 is 0 Å². The lowest BCUT2D eigenvalue weighted by Crippen LogP contribution is -2.20. The summed E-state index contributed by atoms with van der Waals surface area (Å²) in [5.74, 6) is 0.521. The van der Waals surface area contributed by atoms with Crippen molar-refractivity contribution in [2.24, 2.45) is 0 Å². The van der Waals surface area contributed by atoms with Crippen LogP contribution in [0.1, 0.15) is 0 Å². The molecule has 0 saturated heterocycles. The number of hydrogen-bond donors (Lipinski definition) is 1. The van der Waals surface area contributed by atoms with Crippen LogP contribution in [0, 0.1) is 5.82 Å². The molecule has 1 N–H and O–H groups in total. The number of pyridine rings is 1. The molecule has 0 aliphatic carbocycles. The molecule has 0 fully saturated rings. The van der Waals surface area contributed by atoms with Crippen molar-refractivity contribution in [1.29, 1.82) is 0 Å². The lowest BCUT2D eigenvalue weighted by molar-refractivity contribution is 0.628. The highest BCUT2D eigenvalue weighted by molar-refractivity contribution is 5.93. The summed E-state index contributed by atoms with van der Waals surface area (Å²) in [6.07, 6.45) is 4.54. The van der Waals surface area contributed by atoms with E-state index in [-0.39, 0.29) is 11.4 Å². The summed E-state index contributed by atoms with van der Waals surface area (Å²) < 4.78 is 16.3. The van der Waals surface area contributed by atoms with Crippen LogP contribution < -0.4 is 5.56 Å². The third-order valence-corrected chi connectivity index (χ3v) is 4.13. The number of benzene rings is 1. The number of halogens is 1. The van der Waals surface area contributed by atoms with Crippen LogP contribution in [0.2, 0.25) is 0 Å². The fourth-order valence-corrected chi connectivity index (χ4v) is 2.97. The summed E-state index contributed by atoms with van der Waals surface area (Å²) >= 11 is 0. The van der Waals surface area contributed by atoms with Gasteiger partial charge in [0.05, 0.1) is 22.8 Å². The number of hydrogen-bond acceptors (Lipinski definition) is 5. The summed E-state index contributed by atoms with van der Waals surface area (Å²) in [5.41, 5.74) is 1.32. The number of fused-ring (bicyclic) bond motifs is 2. The second-order valence-corrected chi connectivity index (χ2v) is 5.63. The molecule has 5 aromatic rings. The van der Waals surface area contributed by atoms with Crippen molar-refractivity contribution < 1.29 is 4.39 Å². The van der Waals surface area contributed by atoms with Crippen molar-refractivity contribution in [3.63, 3.8) is 0 Å². The molecule has 8 nitrogen and oxygen atoms in total. The molecule has 1 aromatic carbocycles. The van der Waals surface area contributed by atoms with Crippen molar-refractivity contribution in [2.75, 3.05) is 0 Å². The van der Waals surface area contributed by atoms with Gasteiger partial charge in [-0.05, 0) is 30.3 Å². The molecule has 4 heterocycles. The minimum Gasteiger partial charge on any atom is -0.268 e. The number of aromatic nitrogens is 7. The Kier molecular flexibility index (Phi) is 2.95. The average Bonchev–Trinajstić information content (AvgIpc) is 3.33. The van der Waals surface area contributed by atoms with Gasteiger partial charge in [-0.1, -0.05) is 0 Å². The molecule has 4 aromatic heterocycles. The zero-order chi connectivity index (χ0) is 17.7. The van der Waals surface area contributed by atoms with Crippen molar-refractivity contribution in [2.45, 2.75) is 0 Å². The molecule has 0 atom stereocenters. The SMILES string of the molecule is O=c1c2c(-c3ccc(F)cc3)n3ncnc3nc2ccn1-c1ccn[nH]1. The normalized spacial score (nSPS) is 11.4.